The third-order valence-corrected chi connectivity index (χ3v) is 6.00. The number of hydrogen-bond donors (Lipinski definition) is 1. The molecule has 4 heteroatoms. The van der Waals surface area contributed by atoms with Crippen molar-refractivity contribution in [3.8, 4) is 0 Å². The first kappa shape index (κ1) is 12.4. The largest absolute Gasteiger partial charge is 0.393 e. The fourth-order valence-corrected chi connectivity index (χ4v) is 4.25. The lowest BCUT2D eigenvalue weighted by molar-refractivity contribution is 0.0628. The number of rotatable bonds is 3. The molecule has 2 fully saturated rings. The van der Waals surface area contributed by atoms with Gasteiger partial charge in [0, 0.05) is 6.26 Å². The van der Waals surface area contributed by atoms with E-state index in [1.807, 2.05) is 0 Å². The van der Waals surface area contributed by atoms with Gasteiger partial charge in [-0.25, -0.2) is 8.42 Å². The van der Waals surface area contributed by atoms with Gasteiger partial charge in [-0.1, -0.05) is 13.3 Å². The highest BCUT2D eigenvalue weighted by Gasteiger charge is 2.44. The molecular formula is C12H22O3S. The molecule has 2 aliphatic rings. The lowest BCUT2D eigenvalue weighted by Crippen LogP contribution is -2.34. The predicted octanol–water partition coefficient (Wildman–Crippen LogP) is 1.61. The van der Waals surface area contributed by atoms with Crippen LogP contribution in [-0.4, -0.2) is 31.1 Å². The first-order valence-corrected chi connectivity index (χ1v) is 8.22. The molecule has 0 bridgehead atoms. The number of aliphatic hydroxyl groups is 1. The van der Waals surface area contributed by atoms with Crippen molar-refractivity contribution in [1.82, 2.24) is 0 Å². The number of aliphatic hydroxyl groups excluding tert-OH is 1. The highest BCUT2D eigenvalue weighted by atomic mass is 32.2. The smallest absolute Gasteiger partial charge is 0.150 e. The van der Waals surface area contributed by atoms with Gasteiger partial charge in [0.2, 0.25) is 0 Å². The van der Waals surface area contributed by atoms with Gasteiger partial charge in [-0.05, 0) is 43.4 Å². The molecule has 0 amide bonds. The van der Waals surface area contributed by atoms with Crippen molar-refractivity contribution in [3.63, 3.8) is 0 Å². The van der Waals surface area contributed by atoms with Crippen LogP contribution in [0.25, 0.3) is 0 Å². The van der Waals surface area contributed by atoms with E-state index in [2.05, 4.69) is 6.92 Å². The van der Waals surface area contributed by atoms with Crippen molar-refractivity contribution >= 4 is 9.84 Å². The normalized spacial score (nSPS) is 41.7. The first-order chi connectivity index (χ1) is 7.39. The Hall–Kier alpha value is -0.0900. The molecule has 5 unspecified atom stereocenters. The minimum absolute atomic E-state index is 0.212. The molecule has 0 saturated heterocycles. The van der Waals surface area contributed by atoms with E-state index in [1.54, 1.807) is 0 Å². The van der Waals surface area contributed by atoms with E-state index in [0.29, 0.717) is 18.3 Å². The molecule has 0 radical (unpaired) electrons. The van der Waals surface area contributed by atoms with Crippen molar-refractivity contribution < 1.29 is 13.5 Å². The van der Waals surface area contributed by atoms with Gasteiger partial charge >= 0.3 is 0 Å². The van der Waals surface area contributed by atoms with Crippen LogP contribution in [0.3, 0.4) is 0 Å². The van der Waals surface area contributed by atoms with Crippen molar-refractivity contribution in [2.45, 2.75) is 50.4 Å². The van der Waals surface area contributed by atoms with E-state index in [4.69, 9.17) is 0 Å². The zero-order valence-corrected chi connectivity index (χ0v) is 10.9. The predicted molar refractivity (Wildman–Crippen MR) is 63.9 cm³/mol. The molecule has 3 nitrogen and oxygen atoms in total. The molecule has 5 atom stereocenters. The van der Waals surface area contributed by atoms with E-state index in [0.717, 1.165) is 25.7 Å². The van der Waals surface area contributed by atoms with Crippen LogP contribution < -0.4 is 0 Å². The van der Waals surface area contributed by atoms with E-state index in [9.17, 15) is 13.5 Å². The Labute approximate surface area is 98.2 Å². The number of hydrogen-bond acceptors (Lipinski definition) is 3. The zero-order chi connectivity index (χ0) is 11.9. The van der Waals surface area contributed by atoms with Crippen LogP contribution in [0.1, 0.15) is 39.0 Å². The van der Waals surface area contributed by atoms with Crippen LogP contribution in [0.2, 0.25) is 0 Å². The SMILES string of the molecule is CC1CC1C(O)C1CCCC(S(C)(=O)=O)C1. The van der Waals surface area contributed by atoms with Gasteiger partial charge in [-0.2, -0.15) is 0 Å². The number of sulfone groups is 1. The molecule has 0 aromatic rings. The summed E-state index contributed by atoms with van der Waals surface area (Å²) in [6.45, 7) is 2.16. The molecule has 2 saturated carbocycles. The molecule has 2 aliphatic carbocycles. The summed E-state index contributed by atoms with van der Waals surface area (Å²) in [6, 6.07) is 0. The lowest BCUT2D eigenvalue weighted by atomic mass is 9.83. The Morgan fingerprint density at radius 1 is 1.25 bits per heavy atom. The average Bonchev–Trinajstić information content (AvgIpc) is 2.93. The van der Waals surface area contributed by atoms with Gasteiger partial charge in [-0.3, -0.25) is 0 Å². The molecule has 0 spiro atoms. The second-order valence-corrected chi connectivity index (χ2v) is 8.07. The van der Waals surface area contributed by atoms with Gasteiger partial charge < -0.3 is 5.11 Å². The van der Waals surface area contributed by atoms with Gasteiger partial charge in [0.05, 0.1) is 11.4 Å². The summed E-state index contributed by atoms with van der Waals surface area (Å²) >= 11 is 0. The standard InChI is InChI=1S/C12H22O3S/c1-8-6-11(8)12(13)9-4-3-5-10(7-9)16(2,14)15/h8-13H,3-7H2,1-2H3. The molecule has 16 heavy (non-hydrogen) atoms. The van der Waals surface area contributed by atoms with Gasteiger partial charge in [0.1, 0.15) is 9.84 Å². The Morgan fingerprint density at radius 3 is 2.38 bits per heavy atom. The topological polar surface area (TPSA) is 54.4 Å². The highest BCUT2D eigenvalue weighted by molar-refractivity contribution is 7.91. The van der Waals surface area contributed by atoms with Crippen LogP contribution in [0.5, 0.6) is 0 Å². The minimum Gasteiger partial charge on any atom is -0.393 e. The summed E-state index contributed by atoms with van der Waals surface area (Å²) in [6.07, 6.45) is 5.56. The third kappa shape index (κ3) is 2.59. The van der Waals surface area contributed by atoms with Gasteiger partial charge in [0.15, 0.2) is 0 Å². The summed E-state index contributed by atoms with van der Waals surface area (Å²) in [5, 5.41) is 9.96. The van der Waals surface area contributed by atoms with Gasteiger partial charge in [-0.15, -0.1) is 0 Å². The van der Waals surface area contributed by atoms with Gasteiger partial charge in [0.25, 0.3) is 0 Å². The van der Waals surface area contributed by atoms with E-state index >= 15 is 0 Å². The summed E-state index contributed by atoms with van der Waals surface area (Å²) in [7, 11) is -2.92. The maximum atomic E-state index is 11.5. The molecule has 0 aromatic heterocycles. The maximum absolute atomic E-state index is 11.5. The molecule has 2 rings (SSSR count). The quantitative estimate of drug-likeness (QED) is 0.823. The molecule has 1 N–H and O–H groups in total. The summed E-state index contributed by atoms with van der Waals surface area (Å²) < 4.78 is 23.0. The van der Waals surface area contributed by atoms with Crippen molar-refractivity contribution in [2.75, 3.05) is 6.26 Å². The monoisotopic (exact) mass is 246 g/mol. The summed E-state index contributed by atoms with van der Waals surface area (Å²) in [5.41, 5.74) is 0. The van der Waals surface area contributed by atoms with E-state index in [1.165, 1.54) is 6.26 Å². The average molecular weight is 246 g/mol. The maximum Gasteiger partial charge on any atom is 0.150 e. The minimum atomic E-state index is -2.92. The Balaban J connectivity index is 1.96. The zero-order valence-electron chi connectivity index (χ0n) is 10.1. The van der Waals surface area contributed by atoms with Crippen LogP contribution >= 0.6 is 0 Å². The second kappa shape index (κ2) is 4.30. The van der Waals surface area contributed by atoms with Crippen LogP contribution in [0, 0.1) is 17.8 Å². The third-order valence-electron chi connectivity index (χ3n) is 4.37. The van der Waals surface area contributed by atoms with Crippen LogP contribution in [0.15, 0.2) is 0 Å². The first-order valence-electron chi connectivity index (χ1n) is 6.26. The van der Waals surface area contributed by atoms with E-state index in [-0.39, 0.29) is 17.3 Å². The molecule has 0 heterocycles. The summed E-state index contributed by atoms with van der Waals surface area (Å²) in [4.78, 5) is 0. The lowest BCUT2D eigenvalue weighted by Gasteiger charge is -2.31. The Kier molecular flexibility index (Phi) is 3.32. The molecule has 0 aliphatic heterocycles. The second-order valence-electron chi connectivity index (χ2n) is 5.75. The highest BCUT2D eigenvalue weighted by Crippen LogP contribution is 2.45. The fourth-order valence-electron chi connectivity index (χ4n) is 3.06. The Morgan fingerprint density at radius 2 is 1.88 bits per heavy atom. The van der Waals surface area contributed by atoms with Crippen molar-refractivity contribution in [2.24, 2.45) is 17.8 Å². The fraction of sp³-hybridized carbons (Fsp3) is 1.00. The Bertz CT molecular complexity index is 349. The van der Waals surface area contributed by atoms with E-state index < -0.39 is 9.84 Å². The van der Waals surface area contributed by atoms with Crippen molar-refractivity contribution in [3.05, 3.63) is 0 Å². The summed E-state index contributed by atoms with van der Waals surface area (Å²) in [5.74, 6) is 1.28. The van der Waals surface area contributed by atoms with Crippen molar-refractivity contribution in [1.29, 1.82) is 0 Å². The molecule has 94 valence electrons. The van der Waals surface area contributed by atoms with Crippen LogP contribution in [-0.2, 0) is 9.84 Å². The van der Waals surface area contributed by atoms with Crippen LogP contribution in [0.4, 0.5) is 0 Å². The molecule has 0 aromatic carbocycles. The molecular weight excluding hydrogens is 224 g/mol.